The van der Waals surface area contributed by atoms with Crippen molar-refractivity contribution in [1.29, 1.82) is 0 Å². The maximum atomic E-state index is 12.1. The molecule has 8 heteroatoms. The number of thioether (sulfide) groups is 1. The van der Waals surface area contributed by atoms with Gasteiger partial charge < -0.3 is 5.73 Å². The van der Waals surface area contributed by atoms with Crippen molar-refractivity contribution in [3.63, 3.8) is 0 Å². The van der Waals surface area contributed by atoms with Crippen LogP contribution in [0.5, 0.6) is 0 Å². The number of carbonyl (C=O) groups excluding carboxylic acids is 2. The van der Waals surface area contributed by atoms with Crippen LogP contribution in [0.3, 0.4) is 0 Å². The lowest BCUT2D eigenvalue weighted by Gasteiger charge is -2.12. The van der Waals surface area contributed by atoms with Gasteiger partial charge in [0.25, 0.3) is 0 Å². The normalized spacial score (nSPS) is 17.5. The van der Waals surface area contributed by atoms with Gasteiger partial charge in [-0.15, -0.1) is 11.3 Å². The van der Waals surface area contributed by atoms with Crippen molar-refractivity contribution in [1.82, 2.24) is 14.9 Å². The van der Waals surface area contributed by atoms with Gasteiger partial charge in [-0.05, 0) is 37.7 Å². The smallest absolute Gasteiger partial charge is 0.239 e. The number of carbonyl (C=O) groups is 2. The number of aryl methyl sites for hydroxylation is 2. The summed E-state index contributed by atoms with van der Waals surface area (Å²) in [6.07, 6.45) is 5.76. The van der Waals surface area contributed by atoms with Gasteiger partial charge in [-0.2, -0.15) is 0 Å². The maximum absolute atomic E-state index is 12.1. The molecule has 1 aliphatic heterocycles. The fourth-order valence-electron chi connectivity index (χ4n) is 3.35. The van der Waals surface area contributed by atoms with Gasteiger partial charge in [-0.3, -0.25) is 14.5 Å². The predicted octanol–water partition coefficient (Wildman–Crippen LogP) is 2.39. The zero-order valence-corrected chi connectivity index (χ0v) is 14.8. The number of amides is 2. The van der Waals surface area contributed by atoms with E-state index in [4.69, 9.17) is 5.73 Å². The Morgan fingerprint density at radius 1 is 1.21 bits per heavy atom. The molecule has 2 aromatic rings. The molecule has 0 saturated carbocycles. The number of anilines is 1. The predicted molar refractivity (Wildman–Crippen MR) is 95.1 cm³/mol. The van der Waals surface area contributed by atoms with Crippen molar-refractivity contribution in [2.75, 3.05) is 18.0 Å². The van der Waals surface area contributed by atoms with E-state index < -0.39 is 0 Å². The Morgan fingerprint density at radius 2 is 2.04 bits per heavy atom. The molecule has 2 amide bonds. The standard InChI is InChI=1S/C16H18N4O2S2/c17-14-13-9-4-1-2-5-10(9)24-15(13)19-16(18-14)23-8-12(22)20-7-3-6-11(20)21/h1-8H2,(H2,17,18,19). The monoisotopic (exact) mass is 362 g/mol. The Bertz CT molecular complexity index is 833. The minimum absolute atomic E-state index is 0.0811. The topological polar surface area (TPSA) is 89.2 Å². The Kier molecular flexibility index (Phi) is 4.17. The molecule has 24 heavy (non-hydrogen) atoms. The number of nitrogens with two attached hydrogens (primary N) is 1. The largest absolute Gasteiger partial charge is 0.383 e. The fraction of sp³-hybridized carbons (Fsp3) is 0.500. The van der Waals surface area contributed by atoms with Gasteiger partial charge in [-0.25, -0.2) is 9.97 Å². The van der Waals surface area contributed by atoms with Crippen LogP contribution in [0.1, 0.15) is 36.1 Å². The van der Waals surface area contributed by atoms with Crippen LogP contribution in [0.25, 0.3) is 10.2 Å². The fourth-order valence-corrected chi connectivity index (χ4v) is 5.40. The molecule has 1 fully saturated rings. The van der Waals surface area contributed by atoms with Crippen LogP contribution in [0, 0.1) is 0 Å². The lowest BCUT2D eigenvalue weighted by Crippen LogP contribution is -2.33. The summed E-state index contributed by atoms with van der Waals surface area (Å²) in [7, 11) is 0. The van der Waals surface area contributed by atoms with Gasteiger partial charge in [0.1, 0.15) is 10.6 Å². The average Bonchev–Trinajstić information content (AvgIpc) is 3.15. The SMILES string of the molecule is Nc1nc(SCC(=O)N2CCCC2=O)nc2sc3c(c12)CCCC3. The van der Waals surface area contributed by atoms with E-state index >= 15 is 0 Å². The second kappa shape index (κ2) is 6.33. The van der Waals surface area contributed by atoms with E-state index in [1.54, 1.807) is 11.3 Å². The molecule has 0 radical (unpaired) electrons. The van der Waals surface area contributed by atoms with Gasteiger partial charge in [0.15, 0.2) is 5.16 Å². The van der Waals surface area contributed by atoms with Crippen LogP contribution in [-0.4, -0.2) is 39.0 Å². The summed E-state index contributed by atoms with van der Waals surface area (Å²) in [5, 5.41) is 1.51. The summed E-state index contributed by atoms with van der Waals surface area (Å²) >= 11 is 2.95. The van der Waals surface area contributed by atoms with E-state index in [2.05, 4.69) is 9.97 Å². The van der Waals surface area contributed by atoms with Crippen molar-refractivity contribution < 1.29 is 9.59 Å². The molecule has 126 valence electrons. The van der Waals surface area contributed by atoms with E-state index in [0.29, 0.717) is 23.9 Å². The van der Waals surface area contributed by atoms with Gasteiger partial charge in [-0.1, -0.05) is 11.8 Å². The minimum atomic E-state index is -0.171. The number of hydrogen-bond donors (Lipinski definition) is 1. The van der Waals surface area contributed by atoms with Gasteiger partial charge in [0, 0.05) is 17.8 Å². The number of nitrogen functional groups attached to an aromatic ring is 1. The molecule has 0 spiro atoms. The van der Waals surface area contributed by atoms with Gasteiger partial charge in [0.05, 0.1) is 11.1 Å². The van der Waals surface area contributed by atoms with Crippen molar-refractivity contribution >= 4 is 50.9 Å². The van der Waals surface area contributed by atoms with Gasteiger partial charge >= 0.3 is 0 Å². The summed E-state index contributed by atoms with van der Waals surface area (Å²) in [4.78, 5) is 36.3. The molecule has 1 saturated heterocycles. The Morgan fingerprint density at radius 3 is 2.83 bits per heavy atom. The van der Waals surface area contributed by atoms with Crippen LogP contribution in [0.4, 0.5) is 5.82 Å². The van der Waals surface area contributed by atoms with Crippen molar-refractivity contribution in [2.45, 2.75) is 43.7 Å². The van der Waals surface area contributed by atoms with Crippen LogP contribution in [0.15, 0.2) is 5.16 Å². The zero-order valence-electron chi connectivity index (χ0n) is 13.2. The number of nitrogens with zero attached hydrogens (tertiary/aromatic N) is 3. The third-order valence-corrected chi connectivity index (χ3v) is 6.54. The summed E-state index contributed by atoms with van der Waals surface area (Å²) < 4.78 is 0. The number of aromatic nitrogens is 2. The molecule has 6 nitrogen and oxygen atoms in total. The molecule has 3 heterocycles. The summed E-state index contributed by atoms with van der Waals surface area (Å²) in [6.45, 7) is 0.526. The van der Waals surface area contributed by atoms with Crippen LogP contribution < -0.4 is 5.73 Å². The van der Waals surface area contributed by atoms with E-state index in [1.165, 1.54) is 39.9 Å². The molecule has 0 atom stereocenters. The quantitative estimate of drug-likeness (QED) is 0.666. The summed E-state index contributed by atoms with van der Waals surface area (Å²) in [5.74, 6) is 0.422. The molecule has 0 bridgehead atoms. The van der Waals surface area contributed by atoms with Crippen molar-refractivity contribution in [3.8, 4) is 0 Å². The molecule has 0 unspecified atom stereocenters. The molecule has 2 aromatic heterocycles. The number of thiophene rings is 1. The highest BCUT2D eigenvalue weighted by molar-refractivity contribution is 7.99. The Balaban J connectivity index is 1.54. The molecule has 0 aromatic carbocycles. The molecule has 4 rings (SSSR count). The van der Waals surface area contributed by atoms with E-state index in [1.807, 2.05) is 0 Å². The highest BCUT2D eigenvalue weighted by Crippen LogP contribution is 2.38. The van der Waals surface area contributed by atoms with Crippen LogP contribution in [-0.2, 0) is 22.4 Å². The number of likely N-dealkylation sites (tertiary alicyclic amines) is 1. The highest BCUT2D eigenvalue weighted by atomic mass is 32.2. The minimum Gasteiger partial charge on any atom is -0.383 e. The maximum Gasteiger partial charge on any atom is 0.239 e. The molecule has 2 N–H and O–H groups in total. The molecular formula is C16H18N4O2S2. The van der Waals surface area contributed by atoms with Crippen molar-refractivity contribution in [2.24, 2.45) is 0 Å². The zero-order chi connectivity index (χ0) is 16.7. The first-order valence-corrected chi connectivity index (χ1v) is 9.97. The third kappa shape index (κ3) is 2.77. The van der Waals surface area contributed by atoms with E-state index in [-0.39, 0.29) is 17.6 Å². The highest BCUT2D eigenvalue weighted by Gasteiger charge is 2.26. The lowest BCUT2D eigenvalue weighted by atomic mass is 9.97. The second-order valence-electron chi connectivity index (χ2n) is 6.11. The number of fused-ring (bicyclic) bond motifs is 3. The second-order valence-corrected chi connectivity index (χ2v) is 8.14. The first-order valence-electron chi connectivity index (χ1n) is 8.17. The molecule has 2 aliphatic rings. The van der Waals surface area contributed by atoms with E-state index in [0.717, 1.165) is 29.5 Å². The molecular weight excluding hydrogens is 344 g/mol. The van der Waals surface area contributed by atoms with Crippen LogP contribution >= 0.6 is 23.1 Å². The number of imide groups is 1. The Hall–Kier alpha value is -1.67. The number of rotatable bonds is 3. The van der Waals surface area contributed by atoms with Crippen LogP contribution in [0.2, 0.25) is 0 Å². The Labute approximate surface area is 147 Å². The average molecular weight is 362 g/mol. The molecule has 1 aliphatic carbocycles. The first kappa shape index (κ1) is 15.8. The summed E-state index contributed by atoms with van der Waals surface area (Å²) in [5.41, 5.74) is 7.48. The van der Waals surface area contributed by atoms with Gasteiger partial charge in [0.2, 0.25) is 11.8 Å². The van der Waals surface area contributed by atoms with Crippen molar-refractivity contribution in [3.05, 3.63) is 10.4 Å². The number of hydrogen-bond acceptors (Lipinski definition) is 7. The first-order chi connectivity index (χ1) is 11.6. The van der Waals surface area contributed by atoms with E-state index in [9.17, 15) is 9.59 Å². The lowest BCUT2D eigenvalue weighted by molar-refractivity contribution is -0.140. The summed E-state index contributed by atoms with van der Waals surface area (Å²) in [6, 6.07) is 0. The third-order valence-electron chi connectivity index (χ3n) is 4.52.